The summed E-state index contributed by atoms with van der Waals surface area (Å²) in [5.74, 6) is 2.49. The molecule has 2 fully saturated rings. The zero-order valence-electron chi connectivity index (χ0n) is 14.4. The highest BCUT2D eigenvalue weighted by atomic mass is 16.5. The van der Waals surface area contributed by atoms with Gasteiger partial charge in [0.05, 0.1) is 24.4 Å². The van der Waals surface area contributed by atoms with Crippen molar-refractivity contribution < 1.29 is 14.9 Å². The molecular weight excluding hydrogens is 264 g/mol. The Kier molecular flexibility index (Phi) is 5.38. The Morgan fingerprint density at radius 3 is 2.43 bits per heavy atom. The third kappa shape index (κ3) is 3.80. The molecule has 124 valence electrons. The molecule has 2 aliphatic carbocycles. The summed E-state index contributed by atoms with van der Waals surface area (Å²) in [4.78, 5) is 0. The molecule has 2 aliphatic rings. The monoisotopic (exact) mass is 298 g/mol. The van der Waals surface area contributed by atoms with Crippen LogP contribution in [0.3, 0.4) is 0 Å². The second kappa shape index (κ2) is 6.55. The molecule has 5 unspecified atom stereocenters. The predicted octanol–water partition coefficient (Wildman–Crippen LogP) is 3.23. The summed E-state index contributed by atoms with van der Waals surface area (Å²) >= 11 is 0. The van der Waals surface area contributed by atoms with Crippen LogP contribution in [0.2, 0.25) is 0 Å². The van der Waals surface area contributed by atoms with E-state index in [2.05, 4.69) is 13.8 Å². The van der Waals surface area contributed by atoms with Gasteiger partial charge >= 0.3 is 0 Å². The zero-order valence-corrected chi connectivity index (χ0v) is 14.4. The van der Waals surface area contributed by atoms with Crippen LogP contribution in [0.1, 0.15) is 60.3 Å². The molecule has 0 aliphatic heterocycles. The van der Waals surface area contributed by atoms with Crippen LogP contribution < -0.4 is 0 Å². The number of rotatable bonds is 5. The highest BCUT2D eigenvalue weighted by molar-refractivity contribution is 4.96. The number of hydrogen-bond donors (Lipinski definition) is 2. The van der Waals surface area contributed by atoms with Crippen molar-refractivity contribution in [1.29, 1.82) is 0 Å². The van der Waals surface area contributed by atoms with Gasteiger partial charge in [-0.1, -0.05) is 13.8 Å². The molecule has 3 heteroatoms. The van der Waals surface area contributed by atoms with E-state index >= 15 is 0 Å². The summed E-state index contributed by atoms with van der Waals surface area (Å²) < 4.78 is 6.11. The number of hydrogen-bond acceptors (Lipinski definition) is 3. The van der Waals surface area contributed by atoms with Crippen molar-refractivity contribution in [1.82, 2.24) is 0 Å². The van der Waals surface area contributed by atoms with Gasteiger partial charge < -0.3 is 14.9 Å². The number of aliphatic hydroxyl groups excluding tert-OH is 1. The Bertz CT molecular complexity index is 336. The summed E-state index contributed by atoms with van der Waals surface area (Å²) in [6.45, 7) is 10.9. The normalized spacial score (nSPS) is 39.9. The molecule has 0 spiro atoms. The smallest absolute Gasteiger partial charge is 0.0639 e. The molecule has 0 amide bonds. The van der Waals surface area contributed by atoms with Gasteiger partial charge in [-0.3, -0.25) is 0 Å². The fourth-order valence-corrected chi connectivity index (χ4v) is 4.39. The van der Waals surface area contributed by atoms with Crippen LogP contribution >= 0.6 is 0 Å². The Labute approximate surface area is 130 Å². The topological polar surface area (TPSA) is 49.7 Å². The zero-order chi connectivity index (χ0) is 15.8. The predicted molar refractivity (Wildman–Crippen MR) is 85.0 cm³/mol. The molecular formula is C18H34O3. The van der Waals surface area contributed by atoms with Crippen LogP contribution in [-0.2, 0) is 4.74 Å². The van der Waals surface area contributed by atoms with Crippen LogP contribution in [0.25, 0.3) is 0 Å². The molecule has 21 heavy (non-hydrogen) atoms. The van der Waals surface area contributed by atoms with Crippen molar-refractivity contribution in [3.8, 4) is 0 Å². The van der Waals surface area contributed by atoms with Crippen LogP contribution in [0, 0.1) is 29.6 Å². The minimum atomic E-state index is -0.688. The highest BCUT2D eigenvalue weighted by Crippen LogP contribution is 2.50. The van der Waals surface area contributed by atoms with Gasteiger partial charge in [0.25, 0.3) is 0 Å². The molecule has 7 atom stereocenters. The lowest BCUT2D eigenvalue weighted by molar-refractivity contribution is -0.0716. The van der Waals surface area contributed by atoms with Crippen molar-refractivity contribution in [3.63, 3.8) is 0 Å². The van der Waals surface area contributed by atoms with Crippen LogP contribution in [0.5, 0.6) is 0 Å². The van der Waals surface area contributed by atoms with E-state index in [1.54, 1.807) is 0 Å². The third-order valence-corrected chi connectivity index (χ3v) is 6.31. The van der Waals surface area contributed by atoms with E-state index in [1.807, 2.05) is 20.8 Å². The molecule has 0 saturated heterocycles. The second-order valence-electron chi connectivity index (χ2n) is 8.20. The largest absolute Gasteiger partial charge is 0.393 e. The minimum absolute atomic E-state index is 0.0984. The lowest BCUT2D eigenvalue weighted by Gasteiger charge is -2.40. The van der Waals surface area contributed by atoms with E-state index in [4.69, 9.17) is 4.74 Å². The number of aliphatic hydroxyl groups is 2. The summed E-state index contributed by atoms with van der Waals surface area (Å²) in [5, 5.41) is 20.3. The average Bonchev–Trinajstić information content (AvgIpc) is 2.84. The molecule has 2 saturated carbocycles. The lowest BCUT2D eigenvalue weighted by atomic mass is 9.69. The van der Waals surface area contributed by atoms with Crippen molar-refractivity contribution in [3.05, 3.63) is 0 Å². The summed E-state index contributed by atoms with van der Waals surface area (Å²) in [5.41, 5.74) is -0.688. The van der Waals surface area contributed by atoms with Gasteiger partial charge in [-0.2, -0.15) is 0 Å². The molecule has 0 bridgehead atoms. The molecule has 0 aromatic rings. The summed E-state index contributed by atoms with van der Waals surface area (Å²) in [6.07, 6.45) is 4.56. The standard InChI is InChI=1S/C18H34O3/c1-11-6-9-16(19)15-8-7-14(17(11)15)13(3)21-10-12(2)18(4,5)20/h11-17,19-20H,6-10H2,1-5H3/t11-,12+,13?,14?,15?,16?,17?/m1/s1. The third-order valence-electron chi connectivity index (χ3n) is 6.31. The first-order valence-electron chi connectivity index (χ1n) is 8.73. The summed E-state index contributed by atoms with van der Waals surface area (Å²) in [7, 11) is 0. The van der Waals surface area contributed by atoms with Crippen molar-refractivity contribution in [2.45, 2.75) is 78.1 Å². The molecule has 0 aromatic carbocycles. The van der Waals surface area contributed by atoms with Gasteiger partial charge in [0.1, 0.15) is 0 Å². The van der Waals surface area contributed by atoms with Gasteiger partial charge in [0.2, 0.25) is 0 Å². The molecule has 0 radical (unpaired) electrons. The van der Waals surface area contributed by atoms with Gasteiger partial charge in [0.15, 0.2) is 0 Å². The first-order chi connectivity index (χ1) is 9.71. The van der Waals surface area contributed by atoms with Gasteiger partial charge in [-0.25, -0.2) is 0 Å². The van der Waals surface area contributed by atoms with E-state index < -0.39 is 5.60 Å². The Morgan fingerprint density at radius 2 is 1.81 bits per heavy atom. The summed E-state index contributed by atoms with van der Waals surface area (Å²) in [6, 6.07) is 0. The van der Waals surface area contributed by atoms with Gasteiger partial charge in [-0.05, 0) is 70.1 Å². The lowest BCUT2D eigenvalue weighted by Crippen LogP contribution is -2.40. The SMILES string of the molecule is CC(OC[C@H](C)C(C)(C)O)C1CCC2C(O)CC[C@@H](C)C21. The number of ether oxygens (including phenoxy) is 1. The van der Waals surface area contributed by atoms with Crippen molar-refractivity contribution in [2.24, 2.45) is 29.6 Å². The van der Waals surface area contributed by atoms with E-state index in [9.17, 15) is 10.2 Å². The maximum Gasteiger partial charge on any atom is 0.0639 e. The fraction of sp³-hybridized carbons (Fsp3) is 1.00. The van der Waals surface area contributed by atoms with Crippen LogP contribution in [0.4, 0.5) is 0 Å². The Balaban J connectivity index is 1.92. The van der Waals surface area contributed by atoms with E-state index in [0.717, 1.165) is 19.3 Å². The maximum absolute atomic E-state index is 10.2. The first-order valence-corrected chi connectivity index (χ1v) is 8.73. The van der Waals surface area contributed by atoms with Gasteiger partial charge in [-0.15, -0.1) is 0 Å². The minimum Gasteiger partial charge on any atom is -0.393 e. The number of fused-ring (bicyclic) bond motifs is 1. The molecule has 0 aromatic heterocycles. The van der Waals surface area contributed by atoms with E-state index in [-0.39, 0.29) is 18.1 Å². The van der Waals surface area contributed by atoms with Gasteiger partial charge in [0, 0.05) is 5.92 Å². The van der Waals surface area contributed by atoms with Crippen LogP contribution in [0.15, 0.2) is 0 Å². The quantitative estimate of drug-likeness (QED) is 0.819. The molecule has 0 heterocycles. The van der Waals surface area contributed by atoms with Crippen molar-refractivity contribution in [2.75, 3.05) is 6.61 Å². The Hall–Kier alpha value is -0.120. The van der Waals surface area contributed by atoms with Crippen LogP contribution in [-0.4, -0.2) is 34.6 Å². The van der Waals surface area contributed by atoms with E-state index in [1.165, 1.54) is 6.42 Å². The maximum atomic E-state index is 10.2. The average molecular weight is 298 g/mol. The molecule has 2 N–H and O–H groups in total. The fourth-order valence-electron chi connectivity index (χ4n) is 4.39. The van der Waals surface area contributed by atoms with E-state index in [0.29, 0.717) is 30.3 Å². The Morgan fingerprint density at radius 1 is 1.14 bits per heavy atom. The second-order valence-corrected chi connectivity index (χ2v) is 8.20. The molecule has 3 nitrogen and oxygen atoms in total. The highest BCUT2D eigenvalue weighted by Gasteiger charge is 2.47. The first kappa shape index (κ1) is 17.2. The van der Waals surface area contributed by atoms with Crippen molar-refractivity contribution >= 4 is 0 Å². The molecule has 2 rings (SSSR count).